The smallest absolute Gasteiger partial charge is 0.240 e. The van der Waals surface area contributed by atoms with Gasteiger partial charge in [-0.2, -0.15) is 0 Å². The molecule has 2 heterocycles. The molecule has 1 aliphatic heterocycles. The number of nitrogens with one attached hydrogen (secondary N) is 2. The number of halogens is 2. The van der Waals surface area contributed by atoms with Gasteiger partial charge in [0.25, 0.3) is 0 Å². The van der Waals surface area contributed by atoms with E-state index in [1.165, 1.54) is 0 Å². The van der Waals surface area contributed by atoms with Crippen LogP contribution >= 0.6 is 36.2 Å². The SMILES string of the molecule is CCC(NC(=O)C1(C)CCCCN1)c1nccs1.Cl.Cl. The number of piperidine rings is 1. The van der Waals surface area contributed by atoms with Crippen molar-refractivity contribution < 1.29 is 4.79 Å². The first-order valence-electron chi connectivity index (χ1n) is 6.61. The van der Waals surface area contributed by atoms with Crippen molar-refractivity contribution >= 4 is 42.1 Å². The summed E-state index contributed by atoms with van der Waals surface area (Å²) in [5.74, 6) is 0.101. The molecular weight excluding hydrogens is 317 g/mol. The van der Waals surface area contributed by atoms with Crippen molar-refractivity contribution in [3.63, 3.8) is 0 Å². The van der Waals surface area contributed by atoms with Crippen molar-refractivity contribution in [3.05, 3.63) is 16.6 Å². The van der Waals surface area contributed by atoms with Gasteiger partial charge in [-0.1, -0.05) is 6.92 Å². The molecule has 4 nitrogen and oxygen atoms in total. The van der Waals surface area contributed by atoms with Gasteiger partial charge in [0.2, 0.25) is 5.91 Å². The zero-order valence-corrected chi connectivity index (χ0v) is 14.3. The van der Waals surface area contributed by atoms with Crippen LogP contribution in [0.4, 0.5) is 0 Å². The summed E-state index contributed by atoms with van der Waals surface area (Å²) in [5.41, 5.74) is -0.414. The molecule has 1 amide bonds. The van der Waals surface area contributed by atoms with E-state index in [4.69, 9.17) is 0 Å². The van der Waals surface area contributed by atoms with E-state index in [1.54, 1.807) is 17.5 Å². The second-order valence-electron chi connectivity index (χ2n) is 5.02. The van der Waals surface area contributed by atoms with Gasteiger partial charge in [0.1, 0.15) is 5.01 Å². The maximum Gasteiger partial charge on any atom is 0.240 e. The molecule has 20 heavy (non-hydrogen) atoms. The molecule has 0 aromatic carbocycles. The molecular formula is C13H23Cl2N3OS. The average Bonchev–Trinajstić information content (AvgIpc) is 2.90. The highest BCUT2D eigenvalue weighted by Crippen LogP contribution is 2.23. The number of carbonyl (C=O) groups is 1. The molecule has 0 bridgehead atoms. The van der Waals surface area contributed by atoms with Crippen LogP contribution in [0.3, 0.4) is 0 Å². The maximum atomic E-state index is 12.4. The predicted molar refractivity (Wildman–Crippen MR) is 88.0 cm³/mol. The molecule has 1 fully saturated rings. The first kappa shape index (κ1) is 19.6. The first-order chi connectivity index (χ1) is 8.65. The fraction of sp³-hybridized carbons (Fsp3) is 0.692. The lowest BCUT2D eigenvalue weighted by molar-refractivity contribution is -0.128. The van der Waals surface area contributed by atoms with Gasteiger partial charge in [0.05, 0.1) is 11.6 Å². The van der Waals surface area contributed by atoms with Crippen molar-refractivity contribution in [3.8, 4) is 0 Å². The standard InChI is InChI=1S/C13H21N3OS.2ClH/c1-3-10(11-14-8-9-18-11)16-12(17)13(2)6-4-5-7-15-13;;/h8-10,15H,3-7H2,1-2H3,(H,16,17);2*1H. The van der Waals surface area contributed by atoms with Crippen molar-refractivity contribution in [2.75, 3.05) is 6.54 Å². The summed E-state index contributed by atoms with van der Waals surface area (Å²) in [4.78, 5) is 16.7. The van der Waals surface area contributed by atoms with Crippen LogP contribution in [0.2, 0.25) is 0 Å². The minimum absolute atomic E-state index is 0. The molecule has 7 heteroatoms. The minimum Gasteiger partial charge on any atom is -0.345 e. The van der Waals surface area contributed by atoms with Crippen LogP contribution in [0, 0.1) is 0 Å². The summed E-state index contributed by atoms with van der Waals surface area (Å²) < 4.78 is 0. The molecule has 2 unspecified atom stereocenters. The van der Waals surface area contributed by atoms with E-state index in [2.05, 4.69) is 22.5 Å². The topological polar surface area (TPSA) is 54.0 Å². The van der Waals surface area contributed by atoms with Gasteiger partial charge in [-0.3, -0.25) is 4.79 Å². The maximum absolute atomic E-state index is 12.4. The number of hydrogen-bond donors (Lipinski definition) is 2. The van der Waals surface area contributed by atoms with Gasteiger partial charge < -0.3 is 10.6 Å². The first-order valence-corrected chi connectivity index (χ1v) is 7.49. The van der Waals surface area contributed by atoms with Gasteiger partial charge in [-0.25, -0.2) is 4.98 Å². The molecule has 1 saturated heterocycles. The van der Waals surface area contributed by atoms with Crippen LogP contribution in [0.25, 0.3) is 0 Å². The zero-order valence-electron chi connectivity index (χ0n) is 11.8. The average molecular weight is 340 g/mol. The Morgan fingerprint density at radius 3 is 2.80 bits per heavy atom. The molecule has 2 atom stereocenters. The van der Waals surface area contributed by atoms with Crippen LogP contribution in [0.1, 0.15) is 50.6 Å². The lowest BCUT2D eigenvalue weighted by Crippen LogP contribution is -2.57. The number of hydrogen-bond acceptors (Lipinski definition) is 4. The lowest BCUT2D eigenvalue weighted by atomic mass is 9.90. The van der Waals surface area contributed by atoms with E-state index < -0.39 is 5.54 Å². The van der Waals surface area contributed by atoms with Crippen molar-refractivity contribution in [1.29, 1.82) is 0 Å². The van der Waals surface area contributed by atoms with Crippen LogP contribution in [-0.2, 0) is 4.79 Å². The van der Waals surface area contributed by atoms with Crippen LogP contribution in [0.5, 0.6) is 0 Å². The summed E-state index contributed by atoms with van der Waals surface area (Å²) in [6.45, 7) is 5.00. The van der Waals surface area contributed by atoms with E-state index >= 15 is 0 Å². The summed E-state index contributed by atoms with van der Waals surface area (Å²) in [7, 11) is 0. The number of rotatable bonds is 4. The Kier molecular flexibility index (Phi) is 8.66. The molecule has 2 N–H and O–H groups in total. The molecule has 0 spiro atoms. The number of thiazole rings is 1. The van der Waals surface area contributed by atoms with Crippen LogP contribution in [-0.4, -0.2) is 23.0 Å². The third-order valence-corrected chi connectivity index (χ3v) is 4.47. The molecule has 1 aromatic rings. The fourth-order valence-corrected chi connectivity index (χ4v) is 3.09. The monoisotopic (exact) mass is 339 g/mol. The minimum atomic E-state index is -0.414. The number of carbonyl (C=O) groups excluding carboxylic acids is 1. The summed E-state index contributed by atoms with van der Waals surface area (Å²) in [5, 5.41) is 9.41. The predicted octanol–water partition coefficient (Wildman–Crippen LogP) is 3.09. The third kappa shape index (κ3) is 4.58. The van der Waals surface area contributed by atoms with E-state index in [-0.39, 0.29) is 36.8 Å². The fourth-order valence-electron chi connectivity index (χ4n) is 2.31. The third-order valence-electron chi connectivity index (χ3n) is 3.58. The highest BCUT2D eigenvalue weighted by molar-refractivity contribution is 7.09. The van der Waals surface area contributed by atoms with Crippen molar-refractivity contribution in [1.82, 2.24) is 15.6 Å². The lowest BCUT2D eigenvalue weighted by Gasteiger charge is -2.34. The van der Waals surface area contributed by atoms with Gasteiger partial charge in [-0.05, 0) is 39.2 Å². The highest BCUT2D eigenvalue weighted by atomic mass is 35.5. The summed E-state index contributed by atoms with van der Waals surface area (Å²) in [6.07, 6.45) is 5.84. The number of nitrogens with zero attached hydrogens (tertiary/aromatic N) is 1. The quantitative estimate of drug-likeness (QED) is 0.886. The molecule has 1 aromatic heterocycles. The number of aromatic nitrogens is 1. The van der Waals surface area contributed by atoms with Crippen LogP contribution < -0.4 is 10.6 Å². The van der Waals surface area contributed by atoms with Gasteiger partial charge >= 0.3 is 0 Å². The molecule has 2 rings (SSSR count). The Morgan fingerprint density at radius 1 is 1.55 bits per heavy atom. The summed E-state index contributed by atoms with van der Waals surface area (Å²) >= 11 is 1.60. The summed E-state index contributed by atoms with van der Waals surface area (Å²) in [6, 6.07) is 0.0399. The van der Waals surface area contributed by atoms with E-state index in [0.717, 1.165) is 37.2 Å². The molecule has 1 aliphatic rings. The van der Waals surface area contributed by atoms with E-state index in [1.807, 2.05) is 12.3 Å². The molecule has 116 valence electrons. The molecule has 0 aliphatic carbocycles. The Labute approximate surface area is 137 Å². The van der Waals surface area contributed by atoms with Crippen LogP contribution in [0.15, 0.2) is 11.6 Å². The molecule has 0 radical (unpaired) electrons. The van der Waals surface area contributed by atoms with E-state index in [9.17, 15) is 4.79 Å². The van der Waals surface area contributed by atoms with Crippen molar-refractivity contribution in [2.45, 2.75) is 51.1 Å². The van der Waals surface area contributed by atoms with Crippen molar-refractivity contribution in [2.24, 2.45) is 0 Å². The largest absolute Gasteiger partial charge is 0.345 e. The Bertz CT molecular complexity index is 394. The van der Waals surface area contributed by atoms with Gasteiger partial charge in [0, 0.05) is 11.6 Å². The van der Waals surface area contributed by atoms with Gasteiger partial charge in [-0.15, -0.1) is 36.2 Å². The number of amides is 1. The zero-order chi connectivity index (χ0) is 13.0. The second-order valence-corrected chi connectivity index (χ2v) is 5.95. The second kappa shape index (κ2) is 8.82. The Balaban J connectivity index is 0.00000180. The van der Waals surface area contributed by atoms with Gasteiger partial charge in [0.15, 0.2) is 0 Å². The van der Waals surface area contributed by atoms with E-state index in [0.29, 0.717) is 0 Å². The Morgan fingerprint density at radius 2 is 2.30 bits per heavy atom. The highest BCUT2D eigenvalue weighted by Gasteiger charge is 2.35. The normalized spacial score (nSPS) is 23.1. The Hall–Kier alpha value is -0.360. The molecule has 0 saturated carbocycles.